The molecule has 284 valence electrons. The van der Waals surface area contributed by atoms with Gasteiger partial charge in [-0.05, 0) is 166 Å². The van der Waals surface area contributed by atoms with E-state index in [0.717, 1.165) is 67.7 Å². The molecule has 0 radical (unpaired) electrons. The van der Waals surface area contributed by atoms with Gasteiger partial charge in [0.2, 0.25) is 0 Å². The number of aromatic nitrogens is 3. The number of rotatable bonds is 14. The van der Waals surface area contributed by atoms with Crippen molar-refractivity contribution in [1.82, 2.24) is 25.6 Å². The number of carbonyl (C=O) groups excluding carboxylic acids is 1. The number of nitrogens with zero attached hydrogens (tertiary/aromatic N) is 2. The van der Waals surface area contributed by atoms with Crippen molar-refractivity contribution in [3.05, 3.63) is 119 Å². The van der Waals surface area contributed by atoms with Crippen LogP contribution < -0.4 is 20.1 Å². The Morgan fingerprint density at radius 2 is 1.61 bits per heavy atom. The van der Waals surface area contributed by atoms with Gasteiger partial charge in [0.15, 0.2) is 0 Å². The Hall–Kier alpha value is -4.69. The molecule has 2 heterocycles. The molecule has 3 N–H and O–H groups in total. The van der Waals surface area contributed by atoms with Gasteiger partial charge in [0, 0.05) is 31.0 Å². The van der Waals surface area contributed by atoms with Crippen molar-refractivity contribution in [2.75, 3.05) is 13.1 Å². The maximum atomic E-state index is 12.9. The maximum Gasteiger partial charge on any atom is 0.251 e. The summed E-state index contributed by atoms with van der Waals surface area (Å²) in [4.78, 5) is 24.5. The molecule has 54 heavy (non-hydrogen) atoms. The van der Waals surface area contributed by atoms with Crippen LogP contribution in [0.1, 0.15) is 97.3 Å². The highest BCUT2D eigenvalue weighted by Gasteiger charge is 2.35. The second kappa shape index (κ2) is 17.6. The average Bonchev–Trinajstić information content (AvgIpc) is 3.65. The highest BCUT2D eigenvalue weighted by Crippen LogP contribution is 2.42. The van der Waals surface area contributed by atoms with Crippen LogP contribution in [-0.4, -0.2) is 46.2 Å². The first kappa shape index (κ1) is 37.6. The van der Waals surface area contributed by atoms with Crippen molar-refractivity contribution in [3.8, 4) is 11.5 Å². The van der Waals surface area contributed by atoms with Crippen molar-refractivity contribution in [1.29, 1.82) is 0 Å². The molecule has 2 aromatic heterocycles. The molecule has 7 atom stereocenters. The van der Waals surface area contributed by atoms with E-state index < -0.39 is 0 Å². The van der Waals surface area contributed by atoms with E-state index in [1.165, 1.54) is 35.1 Å². The number of nitrogens with one attached hydrogen (secondary N) is 3. The third kappa shape index (κ3) is 9.89. The van der Waals surface area contributed by atoms with Crippen LogP contribution in [0.25, 0.3) is 11.0 Å². The number of aryl methyl sites for hydroxylation is 2. The lowest BCUT2D eigenvalue weighted by atomic mass is 9.72. The molecule has 3 aromatic carbocycles. The number of carbonyl (C=O) groups is 1. The van der Waals surface area contributed by atoms with Gasteiger partial charge in [0.1, 0.15) is 11.5 Å². The molecule has 7 rings (SSSR count). The summed E-state index contributed by atoms with van der Waals surface area (Å²) in [5.41, 5.74) is 7.76. The third-order valence-electron chi connectivity index (χ3n) is 11.9. The first-order valence-electron chi connectivity index (χ1n) is 20.1. The number of hydrogen-bond donors (Lipinski definition) is 3. The lowest BCUT2D eigenvalue weighted by Gasteiger charge is -2.38. The zero-order chi connectivity index (χ0) is 37.4. The molecule has 3 unspecified atom stereocenters. The molecule has 0 aliphatic heterocycles. The Bertz CT molecular complexity index is 1980. The SMILES string of the molecule is Cc1cccc(O[C@@H]2CC(c3cc(C)cc(O[C@@H]4CCC[C@H](C(C)CNCc5ccc6[nH]cnc6c5)C4)c3)C[C@H](C(C)CNC(=O)c3ccncc3)C2)c1. The van der Waals surface area contributed by atoms with Crippen LogP contribution >= 0.6 is 0 Å². The minimum Gasteiger partial charge on any atom is -0.490 e. The van der Waals surface area contributed by atoms with E-state index in [9.17, 15) is 4.79 Å². The molecular weight excluding hydrogens is 671 g/mol. The van der Waals surface area contributed by atoms with Crippen molar-refractivity contribution >= 4 is 16.9 Å². The van der Waals surface area contributed by atoms with Crippen molar-refractivity contribution in [3.63, 3.8) is 0 Å². The topological polar surface area (TPSA) is 101 Å². The minimum absolute atomic E-state index is 0.0522. The van der Waals surface area contributed by atoms with E-state index in [0.29, 0.717) is 41.7 Å². The van der Waals surface area contributed by atoms with Gasteiger partial charge in [-0.25, -0.2) is 4.98 Å². The summed E-state index contributed by atoms with van der Waals surface area (Å²) < 4.78 is 13.6. The number of aromatic amines is 1. The molecule has 1 amide bonds. The number of hydrogen-bond acceptors (Lipinski definition) is 6. The van der Waals surface area contributed by atoms with Gasteiger partial charge in [-0.1, -0.05) is 38.1 Å². The molecule has 2 saturated carbocycles. The predicted molar refractivity (Wildman–Crippen MR) is 216 cm³/mol. The van der Waals surface area contributed by atoms with E-state index >= 15 is 0 Å². The van der Waals surface area contributed by atoms with Crippen LogP contribution in [0.5, 0.6) is 11.5 Å². The average molecular weight is 728 g/mol. The fourth-order valence-corrected chi connectivity index (χ4v) is 8.82. The van der Waals surface area contributed by atoms with E-state index in [-0.39, 0.29) is 18.1 Å². The van der Waals surface area contributed by atoms with Crippen LogP contribution in [0.2, 0.25) is 0 Å². The molecule has 0 bridgehead atoms. The maximum absolute atomic E-state index is 12.9. The van der Waals surface area contributed by atoms with E-state index in [2.05, 4.69) is 114 Å². The minimum atomic E-state index is -0.0522. The highest BCUT2D eigenvalue weighted by atomic mass is 16.5. The van der Waals surface area contributed by atoms with Crippen molar-refractivity contribution in [2.24, 2.45) is 23.7 Å². The zero-order valence-electron chi connectivity index (χ0n) is 32.4. The van der Waals surface area contributed by atoms with Gasteiger partial charge in [0.05, 0.1) is 29.6 Å². The summed E-state index contributed by atoms with van der Waals surface area (Å²) in [6, 6.07) is 25.2. The number of H-pyrrole nitrogens is 1. The molecule has 0 saturated heterocycles. The first-order chi connectivity index (χ1) is 26.3. The van der Waals surface area contributed by atoms with Gasteiger partial charge in [-0.15, -0.1) is 0 Å². The molecule has 8 nitrogen and oxygen atoms in total. The largest absolute Gasteiger partial charge is 0.490 e. The third-order valence-corrected chi connectivity index (χ3v) is 11.9. The summed E-state index contributed by atoms with van der Waals surface area (Å²) >= 11 is 0. The van der Waals surface area contributed by atoms with Crippen LogP contribution in [0, 0.1) is 37.5 Å². The summed E-state index contributed by atoms with van der Waals surface area (Å²) in [5.74, 6) is 4.08. The lowest BCUT2D eigenvalue weighted by Crippen LogP contribution is -2.37. The Kier molecular flexibility index (Phi) is 12.3. The van der Waals surface area contributed by atoms with E-state index in [1.54, 1.807) is 30.9 Å². The fraction of sp³-hybridized carbons (Fsp3) is 0.457. The number of imidazole rings is 1. The number of amides is 1. The lowest BCUT2D eigenvalue weighted by molar-refractivity contribution is 0.0837. The zero-order valence-corrected chi connectivity index (χ0v) is 32.4. The Balaban J connectivity index is 0.988. The van der Waals surface area contributed by atoms with Crippen LogP contribution in [0.3, 0.4) is 0 Å². The number of pyridine rings is 1. The molecule has 2 aliphatic carbocycles. The summed E-state index contributed by atoms with van der Waals surface area (Å²) in [6.07, 6.45) is 13.0. The number of ether oxygens (including phenoxy) is 2. The van der Waals surface area contributed by atoms with Crippen molar-refractivity contribution in [2.45, 2.75) is 97.3 Å². The normalized spacial score (nSPS) is 22.7. The Labute approximate surface area is 320 Å². The Morgan fingerprint density at radius 3 is 2.46 bits per heavy atom. The van der Waals surface area contributed by atoms with E-state index in [4.69, 9.17) is 9.47 Å². The van der Waals surface area contributed by atoms with Crippen LogP contribution in [0.4, 0.5) is 0 Å². The number of fused-ring (bicyclic) bond motifs is 1. The van der Waals surface area contributed by atoms with Gasteiger partial charge in [-0.3, -0.25) is 9.78 Å². The summed E-state index contributed by atoms with van der Waals surface area (Å²) in [6.45, 7) is 11.4. The quantitative estimate of drug-likeness (QED) is 0.105. The summed E-state index contributed by atoms with van der Waals surface area (Å²) in [5, 5.41) is 6.90. The van der Waals surface area contributed by atoms with Crippen molar-refractivity contribution < 1.29 is 14.3 Å². The smallest absolute Gasteiger partial charge is 0.251 e. The van der Waals surface area contributed by atoms with Crippen LogP contribution in [-0.2, 0) is 6.54 Å². The summed E-state index contributed by atoms with van der Waals surface area (Å²) in [7, 11) is 0. The number of benzene rings is 3. The van der Waals surface area contributed by atoms with Gasteiger partial charge < -0.3 is 25.1 Å². The molecular formula is C46H57N5O3. The predicted octanol–water partition coefficient (Wildman–Crippen LogP) is 9.34. The molecule has 2 aliphatic rings. The second-order valence-corrected chi connectivity index (χ2v) is 16.3. The Morgan fingerprint density at radius 1 is 0.815 bits per heavy atom. The fourth-order valence-electron chi connectivity index (χ4n) is 8.82. The molecule has 8 heteroatoms. The first-order valence-corrected chi connectivity index (χ1v) is 20.1. The standard InChI is InChI=1S/C46H57N5O3/c1-30-7-5-9-40(18-30)53-43-23-37(33(4)27-49-46(52)35-13-15-47-16-14-35)21-39(25-43)38-17-31(2)19-42(24-38)54-41-10-6-8-36(22-41)32(3)26-48-28-34-11-12-44-45(20-34)51-29-50-44/h5,7,9,11-20,24,29,32-33,36-37,39,41,43,48H,6,8,10,21-23,25-28H2,1-4H3,(H,49,52)(H,50,51)/t32?,33?,36-,37-,39?,41+,43-/m0/s1. The molecule has 0 spiro atoms. The van der Waals surface area contributed by atoms with Crippen LogP contribution in [0.15, 0.2) is 91.5 Å². The molecule has 5 aromatic rings. The van der Waals surface area contributed by atoms with Gasteiger partial charge >= 0.3 is 0 Å². The molecule has 2 fully saturated rings. The van der Waals surface area contributed by atoms with Gasteiger partial charge in [0.25, 0.3) is 5.91 Å². The highest BCUT2D eigenvalue weighted by molar-refractivity contribution is 5.93. The monoisotopic (exact) mass is 727 g/mol. The van der Waals surface area contributed by atoms with E-state index in [1.807, 2.05) is 0 Å². The second-order valence-electron chi connectivity index (χ2n) is 16.3. The van der Waals surface area contributed by atoms with Gasteiger partial charge in [-0.2, -0.15) is 0 Å².